The van der Waals surface area contributed by atoms with E-state index in [0.29, 0.717) is 28.4 Å². The summed E-state index contributed by atoms with van der Waals surface area (Å²) in [6.45, 7) is 0. The van der Waals surface area contributed by atoms with Crippen LogP contribution < -0.4 is 10.1 Å². The number of carbonyl (C=O) groups is 1. The van der Waals surface area contributed by atoms with Crippen molar-refractivity contribution in [3.05, 3.63) is 89.7 Å². The van der Waals surface area contributed by atoms with Gasteiger partial charge in [0.25, 0.3) is 5.91 Å². The van der Waals surface area contributed by atoms with Crippen LogP contribution in [0.4, 0.5) is 5.69 Å². The van der Waals surface area contributed by atoms with E-state index in [1.54, 1.807) is 53.7 Å². The van der Waals surface area contributed by atoms with Gasteiger partial charge in [-0.3, -0.25) is 9.78 Å². The Morgan fingerprint density at radius 3 is 2.61 bits per heavy atom. The summed E-state index contributed by atoms with van der Waals surface area (Å²) in [4.78, 5) is 20.7. The minimum absolute atomic E-state index is 0.243. The van der Waals surface area contributed by atoms with Crippen LogP contribution in [-0.4, -0.2) is 25.7 Å². The lowest BCUT2D eigenvalue weighted by atomic mass is 10.2. The first-order valence-electron chi connectivity index (χ1n) is 8.33. The van der Waals surface area contributed by atoms with Gasteiger partial charge in [-0.25, -0.2) is 9.67 Å². The van der Waals surface area contributed by atoms with Crippen LogP contribution in [0.15, 0.2) is 84.1 Å². The third kappa shape index (κ3) is 4.07. The zero-order valence-corrected chi connectivity index (χ0v) is 16.1. The number of nitrogens with one attached hydrogen (secondary N) is 1. The lowest BCUT2D eigenvalue weighted by molar-refractivity contribution is 0.102. The van der Waals surface area contributed by atoms with Gasteiger partial charge >= 0.3 is 0 Å². The third-order valence-electron chi connectivity index (χ3n) is 3.86. The van der Waals surface area contributed by atoms with E-state index in [0.717, 1.165) is 4.47 Å². The molecule has 0 fully saturated rings. The molecule has 28 heavy (non-hydrogen) atoms. The Kier molecular flexibility index (Phi) is 5.11. The molecule has 1 N–H and O–H groups in total. The highest BCUT2D eigenvalue weighted by Gasteiger charge is 2.12. The topological polar surface area (TPSA) is 81.9 Å². The van der Waals surface area contributed by atoms with Crippen LogP contribution in [0.1, 0.15) is 10.4 Å². The fourth-order valence-corrected chi connectivity index (χ4v) is 2.91. The number of hydrogen-bond acceptors (Lipinski definition) is 5. The highest BCUT2D eigenvalue weighted by molar-refractivity contribution is 9.10. The lowest BCUT2D eigenvalue weighted by Gasteiger charge is -2.12. The highest BCUT2D eigenvalue weighted by atomic mass is 79.9. The van der Waals surface area contributed by atoms with E-state index in [1.807, 2.05) is 24.3 Å². The maximum atomic E-state index is 12.7. The van der Waals surface area contributed by atoms with E-state index >= 15 is 0 Å². The number of amides is 1. The second-order valence-corrected chi connectivity index (χ2v) is 6.69. The van der Waals surface area contributed by atoms with E-state index in [4.69, 9.17) is 4.74 Å². The van der Waals surface area contributed by atoms with Crippen LogP contribution in [0.2, 0.25) is 0 Å². The summed E-state index contributed by atoms with van der Waals surface area (Å²) in [5.74, 6) is 1.01. The van der Waals surface area contributed by atoms with E-state index < -0.39 is 0 Å². The van der Waals surface area contributed by atoms with E-state index in [2.05, 4.69) is 36.3 Å². The molecular formula is C20H14BrN5O2. The van der Waals surface area contributed by atoms with Crippen LogP contribution in [0.3, 0.4) is 0 Å². The van der Waals surface area contributed by atoms with E-state index in [9.17, 15) is 4.79 Å². The van der Waals surface area contributed by atoms with Gasteiger partial charge in [-0.1, -0.05) is 15.9 Å². The van der Waals surface area contributed by atoms with Gasteiger partial charge in [0.05, 0.1) is 17.6 Å². The molecule has 138 valence electrons. The van der Waals surface area contributed by atoms with Crippen molar-refractivity contribution in [3.63, 3.8) is 0 Å². The number of hydrogen-bond donors (Lipinski definition) is 1. The van der Waals surface area contributed by atoms with Gasteiger partial charge in [0.15, 0.2) is 0 Å². The molecule has 4 aromatic rings. The molecule has 0 saturated heterocycles. The van der Waals surface area contributed by atoms with E-state index in [1.165, 1.54) is 6.33 Å². The molecule has 0 atom stereocenters. The Morgan fingerprint density at radius 1 is 1.04 bits per heavy atom. The van der Waals surface area contributed by atoms with Gasteiger partial charge in [-0.05, 0) is 54.6 Å². The average molecular weight is 436 g/mol. The van der Waals surface area contributed by atoms with Crippen molar-refractivity contribution in [2.75, 3.05) is 5.32 Å². The largest absolute Gasteiger partial charge is 0.456 e. The van der Waals surface area contributed by atoms with Crippen molar-refractivity contribution in [1.82, 2.24) is 19.7 Å². The number of ether oxygens (including phenoxy) is 1. The second kappa shape index (κ2) is 8.01. The molecular weight excluding hydrogens is 422 g/mol. The number of rotatable bonds is 5. The summed E-state index contributed by atoms with van der Waals surface area (Å²) in [6.07, 6.45) is 6.31. The number of carbonyl (C=O) groups excluding carboxylic acids is 1. The molecule has 4 rings (SSSR count). The van der Waals surface area contributed by atoms with Crippen molar-refractivity contribution in [2.24, 2.45) is 0 Å². The van der Waals surface area contributed by atoms with Gasteiger partial charge in [0.2, 0.25) is 0 Å². The van der Waals surface area contributed by atoms with Crippen molar-refractivity contribution >= 4 is 27.5 Å². The van der Waals surface area contributed by atoms with Gasteiger partial charge in [0.1, 0.15) is 24.2 Å². The minimum Gasteiger partial charge on any atom is -0.456 e. The second-order valence-electron chi connectivity index (χ2n) is 5.77. The van der Waals surface area contributed by atoms with Crippen LogP contribution in [0.25, 0.3) is 5.69 Å². The molecule has 0 bridgehead atoms. The Hall–Kier alpha value is -3.52. The molecule has 0 spiro atoms. The Balaban J connectivity index is 1.52. The first-order valence-corrected chi connectivity index (χ1v) is 9.12. The fraction of sp³-hybridized carbons (Fsp3) is 0. The normalized spacial score (nSPS) is 10.5. The molecule has 0 radical (unpaired) electrons. The number of benzene rings is 2. The van der Waals surface area contributed by atoms with E-state index in [-0.39, 0.29) is 5.91 Å². The standard InChI is InChI=1S/C20H14BrN5O2/c21-15-5-8-19(26-13-23-12-24-26)18(10-15)25-20(27)14-3-6-16(7-4-14)28-17-2-1-9-22-11-17/h1-13H,(H,25,27). The van der Waals surface area contributed by atoms with Crippen LogP contribution >= 0.6 is 15.9 Å². The number of anilines is 1. The van der Waals surface area contributed by atoms with Crippen LogP contribution in [0, 0.1) is 0 Å². The summed E-state index contributed by atoms with van der Waals surface area (Å²) < 4.78 is 8.13. The molecule has 0 unspecified atom stereocenters. The molecule has 0 saturated carbocycles. The quantitative estimate of drug-likeness (QED) is 0.499. The van der Waals surface area contributed by atoms with Gasteiger partial charge in [-0.2, -0.15) is 5.10 Å². The van der Waals surface area contributed by atoms with Crippen molar-refractivity contribution in [1.29, 1.82) is 0 Å². The third-order valence-corrected chi connectivity index (χ3v) is 4.35. The van der Waals surface area contributed by atoms with Crippen molar-refractivity contribution in [2.45, 2.75) is 0 Å². The fourth-order valence-electron chi connectivity index (χ4n) is 2.55. The van der Waals surface area contributed by atoms with Gasteiger partial charge < -0.3 is 10.1 Å². The Labute approximate surface area is 169 Å². The maximum Gasteiger partial charge on any atom is 0.255 e. The molecule has 2 aromatic heterocycles. The molecule has 7 nitrogen and oxygen atoms in total. The maximum absolute atomic E-state index is 12.7. The number of nitrogens with zero attached hydrogens (tertiary/aromatic N) is 4. The van der Waals surface area contributed by atoms with Crippen LogP contribution in [-0.2, 0) is 0 Å². The zero-order valence-electron chi connectivity index (χ0n) is 14.5. The predicted molar refractivity (Wildman–Crippen MR) is 108 cm³/mol. The molecule has 8 heteroatoms. The highest BCUT2D eigenvalue weighted by Crippen LogP contribution is 2.25. The molecule has 1 amide bonds. The Morgan fingerprint density at radius 2 is 1.89 bits per heavy atom. The number of halogens is 1. The SMILES string of the molecule is O=C(Nc1cc(Br)ccc1-n1cncn1)c1ccc(Oc2cccnc2)cc1. The molecule has 0 aliphatic carbocycles. The molecule has 2 aromatic carbocycles. The average Bonchev–Trinajstić information content (AvgIpc) is 3.24. The summed E-state index contributed by atoms with van der Waals surface area (Å²) >= 11 is 3.43. The molecule has 2 heterocycles. The van der Waals surface area contributed by atoms with Gasteiger partial charge in [0, 0.05) is 16.2 Å². The summed E-state index contributed by atoms with van der Waals surface area (Å²) in [6, 6.07) is 16.0. The first-order chi connectivity index (χ1) is 13.7. The first kappa shape index (κ1) is 17.9. The smallest absolute Gasteiger partial charge is 0.255 e. The molecule has 0 aliphatic rings. The van der Waals surface area contributed by atoms with Crippen LogP contribution in [0.5, 0.6) is 11.5 Å². The number of pyridine rings is 1. The van der Waals surface area contributed by atoms with Crippen molar-refractivity contribution < 1.29 is 9.53 Å². The zero-order chi connectivity index (χ0) is 19.3. The monoisotopic (exact) mass is 435 g/mol. The summed E-state index contributed by atoms with van der Waals surface area (Å²) in [5, 5.41) is 7.04. The summed E-state index contributed by atoms with van der Waals surface area (Å²) in [5.41, 5.74) is 1.83. The Bertz CT molecular complexity index is 1080. The predicted octanol–water partition coefficient (Wildman–Crippen LogP) is 4.47. The summed E-state index contributed by atoms with van der Waals surface area (Å²) in [7, 11) is 0. The lowest BCUT2D eigenvalue weighted by Crippen LogP contribution is -2.14. The molecule has 0 aliphatic heterocycles. The minimum atomic E-state index is -0.243. The van der Waals surface area contributed by atoms with Gasteiger partial charge in [-0.15, -0.1) is 0 Å². The number of aromatic nitrogens is 4. The van der Waals surface area contributed by atoms with Crippen molar-refractivity contribution in [3.8, 4) is 17.2 Å².